The van der Waals surface area contributed by atoms with E-state index in [-0.39, 0.29) is 5.97 Å². The van der Waals surface area contributed by atoms with Gasteiger partial charge in [-0.1, -0.05) is 19.9 Å². The predicted octanol–water partition coefficient (Wildman–Crippen LogP) is 3.16. The maximum Gasteiger partial charge on any atom is 0.338 e. The number of aryl methyl sites for hydroxylation is 1. The summed E-state index contributed by atoms with van der Waals surface area (Å²) < 4.78 is 6.94. The molecular formula is C15H19NO2. The lowest BCUT2D eigenvalue weighted by Gasteiger charge is -2.13. The number of esters is 1. The van der Waals surface area contributed by atoms with Crippen molar-refractivity contribution in [2.45, 2.75) is 20.3 Å². The lowest BCUT2D eigenvalue weighted by molar-refractivity contribution is 0.0599. The molecule has 0 saturated carbocycles. The molecule has 2 rings (SSSR count). The predicted molar refractivity (Wildman–Crippen MR) is 72.8 cm³/mol. The van der Waals surface area contributed by atoms with Crippen LogP contribution in [0, 0.1) is 5.92 Å². The van der Waals surface area contributed by atoms with Crippen LogP contribution < -0.4 is 0 Å². The Morgan fingerprint density at radius 3 is 2.67 bits per heavy atom. The summed E-state index contributed by atoms with van der Waals surface area (Å²) in [6.07, 6.45) is 2.90. The third-order valence-corrected chi connectivity index (χ3v) is 3.16. The third-order valence-electron chi connectivity index (χ3n) is 3.16. The van der Waals surface area contributed by atoms with Gasteiger partial charge in [0.05, 0.1) is 18.2 Å². The molecule has 1 aromatic carbocycles. The van der Waals surface area contributed by atoms with Crippen molar-refractivity contribution in [1.29, 1.82) is 0 Å². The number of carbonyl (C=O) groups excluding carboxylic acids is 1. The maximum absolute atomic E-state index is 11.9. The number of aromatic nitrogens is 1. The first-order valence-corrected chi connectivity index (χ1v) is 6.19. The molecule has 0 spiro atoms. The molecule has 1 heterocycles. The molecule has 0 saturated heterocycles. The quantitative estimate of drug-likeness (QED) is 0.778. The van der Waals surface area contributed by atoms with Crippen LogP contribution >= 0.6 is 0 Å². The van der Waals surface area contributed by atoms with Crippen molar-refractivity contribution in [2.24, 2.45) is 13.0 Å². The van der Waals surface area contributed by atoms with Gasteiger partial charge in [0.25, 0.3) is 0 Å². The number of fused-ring (bicyclic) bond motifs is 1. The second-order valence-electron chi connectivity index (χ2n) is 5.05. The van der Waals surface area contributed by atoms with Crippen molar-refractivity contribution in [3.63, 3.8) is 0 Å². The monoisotopic (exact) mass is 245 g/mol. The summed E-state index contributed by atoms with van der Waals surface area (Å²) in [6.45, 7) is 4.31. The van der Waals surface area contributed by atoms with Crippen LogP contribution in [0.2, 0.25) is 0 Å². The van der Waals surface area contributed by atoms with Gasteiger partial charge in [-0.2, -0.15) is 0 Å². The van der Waals surface area contributed by atoms with Crippen LogP contribution in [0.15, 0.2) is 24.4 Å². The van der Waals surface area contributed by atoms with Gasteiger partial charge in [0.2, 0.25) is 0 Å². The van der Waals surface area contributed by atoms with E-state index >= 15 is 0 Å². The van der Waals surface area contributed by atoms with Gasteiger partial charge < -0.3 is 9.30 Å². The zero-order chi connectivity index (χ0) is 13.3. The molecule has 1 aromatic heterocycles. The van der Waals surface area contributed by atoms with Gasteiger partial charge in [-0.25, -0.2) is 4.79 Å². The number of rotatable bonds is 3. The molecule has 0 atom stereocenters. The molecule has 2 aromatic rings. The first-order valence-electron chi connectivity index (χ1n) is 6.19. The molecular weight excluding hydrogens is 226 g/mol. The first-order chi connectivity index (χ1) is 8.54. The van der Waals surface area contributed by atoms with Crippen LogP contribution in [0.4, 0.5) is 0 Å². The summed E-state index contributed by atoms with van der Waals surface area (Å²) in [5.74, 6) is 0.239. The Labute approximate surface area is 107 Å². The van der Waals surface area contributed by atoms with Gasteiger partial charge in [-0.3, -0.25) is 0 Å². The molecule has 0 radical (unpaired) electrons. The van der Waals surface area contributed by atoms with Crippen molar-refractivity contribution < 1.29 is 9.53 Å². The minimum absolute atomic E-state index is 0.256. The highest BCUT2D eigenvalue weighted by Crippen LogP contribution is 2.26. The van der Waals surface area contributed by atoms with Gasteiger partial charge in [-0.15, -0.1) is 0 Å². The highest BCUT2D eigenvalue weighted by molar-refractivity contribution is 5.97. The van der Waals surface area contributed by atoms with Crippen molar-refractivity contribution >= 4 is 16.9 Å². The molecule has 0 fully saturated rings. The minimum atomic E-state index is -0.256. The van der Waals surface area contributed by atoms with Crippen LogP contribution in [0.3, 0.4) is 0 Å². The van der Waals surface area contributed by atoms with Gasteiger partial charge in [0, 0.05) is 13.2 Å². The number of nitrogens with zero attached hydrogens (tertiary/aromatic N) is 1. The number of hydrogen-bond donors (Lipinski definition) is 0. The van der Waals surface area contributed by atoms with Crippen LogP contribution in [-0.4, -0.2) is 17.6 Å². The van der Waals surface area contributed by atoms with Crippen molar-refractivity contribution in [1.82, 2.24) is 4.57 Å². The van der Waals surface area contributed by atoms with Crippen molar-refractivity contribution in [3.8, 4) is 0 Å². The van der Waals surface area contributed by atoms with E-state index in [1.165, 1.54) is 12.5 Å². The van der Waals surface area contributed by atoms with Gasteiger partial charge in [-0.05, 0) is 35.4 Å². The molecule has 96 valence electrons. The molecule has 0 unspecified atom stereocenters. The van der Waals surface area contributed by atoms with Gasteiger partial charge in [0.15, 0.2) is 0 Å². The standard InChI is InChI=1S/C15H19NO2/c1-10(2)9-13-12(15(17)18-4)6-5-11-7-8-16(3)14(11)13/h5-8,10H,9H2,1-4H3. The zero-order valence-corrected chi connectivity index (χ0v) is 11.4. The van der Waals surface area contributed by atoms with Crippen molar-refractivity contribution in [2.75, 3.05) is 7.11 Å². The zero-order valence-electron chi connectivity index (χ0n) is 11.4. The second-order valence-corrected chi connectivity index (χ2v) is 5.05. The first kappa shape index (κ1) is 12.7. The van der Waals surface area contributed by atoms with E-state index in [4.69, 9.17) is 4.74 Å². The number of benzene rings is 1. The van der Waals surface area contributed by atoms with Gasteiger partial charge >= 0.3 is 5.97 Å². The molecule has 18 heavy (non-hydrogen) atoms. The largest absolute Gasteiger partial charge is 0.465 e. The molecule has 0 aliphatic rings. The fraction of sp³-hybridized carbons (Fsp3) is 0.400. The number of methoxy groups -OCH3 is 1. The highest BCUT2D eigenvalue weighted by atomic mass is 16.5. The molecule has 0 N–H and O–H groups in total. The summed E-state index contributed by atoms with van der Waals surface area (Å²) in [7, 11) is 3.43. The van der Waals surface area contributed by atoms with E-state index in [0.717, 1.165) is 17.5 Å². The Hall–Kier alpha value is -1.77. The van der Waals surface area contributed by atoms with Crippen LogP contribution in [0.1, 0.15) is 29.8 Å². The second kappa shape index (κ2) is 4.84. The Balaban J connectivity index is 2.69. The van der Waals surface area contributed by atoms with E-state index < -0.39 is 0 Å². The van der Waals surface area contributed by atoms with Crippen LogP contribution in [0.5, 0.6) is 0 Å². The summed E-state index contributed by atoms with van der Waals surface area (Å²) in [6, 6.07) is 5.91. The molecule has 3 heteroatoms. The lowest BCUT2D eigenvalue weighted by atomic mass is 9.95. The maximum atomic E-state index is 11.9. The molecule has 0 aliphatic heterocycles. The lowest BCUT2D eigenvalue weighted by Crippen LogP contribution is -2.09. The summed E-state index contributed by atoms with van der Waals surface area (Å²) in [5.41, 5.74) is 2.90. The molecule has 3 nitrogen and oxygen atoms in total. The van der Waals surface area contributed by atoms with Gasteiger partial charge in [0.1, 0.15) is 0 Å². The SMILES string of the molecule is COC(=O)c1ccc2ccn(C)c2c1CC(C)C. The average Bonchev–Trinajstić information content (AvgIpc) is 2.70. The summed E-state index contributed by atoms with van der Waals surface area (Å²) >= 11 is 0. The number of carbonyl (C=O) groups is 1. The normalized spacial score (nSPS) is 11.2. The Kier molecular flexibility index (Phi) is 3.41. The Morgan fingerprint density at radius 1 is 1.33 bits per heavy atom. The molecule has 0 bridgehead atoms. The van der Waals surface area contributed by atoms with Crippen LogP contribution in [-0.2, 0) is 18.2 Å². The number of ether oxygens (including phenoxy) is 1. The fourth-order valence-corrected chi connectivity index (χ4v) is 2.39. The van der Waals surface area contributed by atoms with E-state index in [0.29, 0.717) is 11.5 Å². The topological polar surface area (TPSA) is 31.2 Å². The third kappa shape index (κ3) is 2.13. The van der Waals surface area contributed by atoms with Crippen LogP contribution in [0.25, 0.3) is 10.9 Å². The van der Waals surface area contributed by atoms with E-state index in [2.05, 4.69) is 24.5 Å². The summed E-state index contributed by atoms with van der Waals surface area (Å²) in [5, 5.41) is 1.17. The minimum Gasteiger partial charge on any atom is -0.465 e. The van der Waals surface area contributed by atoms with E-state index in [9.17, 15) is 4.79 Å². The smallest absolute Gasteiger partial charge is 0.338 e. The molecule has 0 amide bonds. The number of hydrogen-bond acceptors (Lipinski definition) is 2. The summed E-state index contributed by atoms with van der Waals surface area (Å²) in [4.78, 5) is 11.9. The van der Waals surface area contributed by atoms with Crippen molar-refractivity contribution in [3.05, 3.63) is 35.5 Å². The Morgan fingerprint density at radius 2 is 2.06 bits per heavy atom. The molecule has 0 aliphatic carbocycles. The fourth-order valence-electron chi connectivity index (χ4n) is 2.39. The Bertz CT molecular complexity index is 581. The van der Waals surface area contributed by atoms with E-state index in [1.807, 2.05) is 25.4 Å². The van der Waals surface area contributed by atoms with E-state index in [1.54, 1.807) is 0 Å². The highest BCUT2D eigenvalue weighted by Gasteiger charge is 2.17. The average molecular weight is 245 g/mol.